The van der Waals surface area contributed by atoms with Gasteiger partial charge in [-0.1, -0.05) is 0 Å². The van der Waals surface area contributed by atoms with E-state index in [-0.39, 0.29) is 37.7 Å². The highest BCUT2D eigenvalue weighted by Crippen LogP contribution is 2.54. The molecular formula is C28H35F2N7O4S. The van der Waals surface area contributed by atoms with E-state index in [2.05, 4.69) is 29.8 Å². The Morgan fingerprint density at radius 1 is 0.976 bits per heavy atom. The summed E-state index contributed by atoms with van der Waals surface area (Å²) in [5.41, 5.74) is 3.28. The minimum Gasteiger partial charge on any atom is -0.415 e. The van der Waals surface area contributed by atoms with Crippen LogP contribution >= 0.6 is 0 Å². The van der Waals surface area contributed by atoms with Gasteiger partial charge in [-0.2, -0.15) is 0 Å². The molecule has 1 aromatic carbocycles. The Kier molecular flexibility index (Phi) is 7.32. The van der Waals surface area contributed by atoms with Gasteiger partial charge in [0.15, 0.2) is 0 Å². The van der Waals surface area contributed by atoms with Gasteiger partial charge in [-0.15, -0.1) is 10.2 Å². The molecule has 1 spiro atoms. The first-order valence-electron chi connectivity index (χ1n) is 14.3. The number of hydrogen-bond acceptors (Lipinski definition) is 10. The Morgan fingerprint density at radius 3 is 2.31 bits per heavy atom. The first-order chi connectivity index (χ1) is 20.0. The van der Waals surface area contributed by atoms with Crippen molar-refractivity contribution in [2.24, 2.45) is 5.41 Å². The molecule has 0 unspecified atom stereocenters. The molecule has 14 heteroatoms. The maximum atomic E-state index is 13.7. The van der Waals surface area contributed by atoms with Crippen LogP contribution in [-0.4, -0.2) is 77.6 Å². The number of halogens is 2. The zero-order valence-corrected chi connectivity index (χ0v) is 24.5. The second kappa shape index (κ2) is 10.7. The van der Waals surface area contributed by atoms with Crippen molar-refractivity contribution in [1.82, 2.24) is 20.2 Å². The summed E-state index contributed by atoms with van der Waals surface area (Å²) < 4.78 is 61.4. The fourth-order valence-corrected chi connectivity index (χ4v) is 6.43. The minimum atomic E-state index is -3.78. The Morgan fingerprint density at radius 2 is 1.64 bits per heavy atom. The second-order valence-electron chi connectivity index (χ2n) is 11.8. The fraction of sp³-hybridized carbons (Fsp3) is 0.571. The molecule has 3 fully saturated rings. The standard InChI is InChI=1S/C28H35F2N7O4S/c1-18-15-22(32-26(31-18)37-13-9-28(29,30)10-14-37)25-34-33-24(41-25)21-4-3-20(35-42(39,40)19(2)17-38)16-23(21)36-11-7-27(5-6-27)8-12-36/h3-4,15-16,19,35,38H,5-14,17H2,1-2H3/t19-/m1/s1. The molecule has 2 aliphatic heterocycles. The molecule has 2 N–H and O–H groups in total. The normalized spacial score (nSPS) is 20.5. The molecule has 3 aliphatic rings. The Bertz CT molecular complexity index is 1560. The number of piperidine rings is 2. The number of nitrogens with zero attached hydrogens (tertiary/aromatic N) is 6. The van der Waals surface area contributed by atoms with Crippen molar-refractivity contribution >= 4 is 27.3 Å². The first kappa shape index (κ1) is 28.7. The van der Waals surface area contributed by atoms with Crippen molar-refractivity contribution in [3.05, 3.63) is 30.0 Å². The quantitative estimate of drug-likeness (QED) is 0.385. The summed E-state index contributed by atoms with van der Waals surface area (Å²) in [5, 5.41) is 17.0. The smallest absolute Gasteiger partial charge is 0.266 e. The summed E-state index contributed by atoms with van der Waals surface area (Å²) in [4.78, 5) is 13.0. The molecule has 2 aromatic heterocycles. The van der Waals surface area contributed by atoms with Gasteiger partial charge in [-0.05, 0) is 69.2 Å². The lowest BCUT2D eigenvalue weighted by Crippen LogP contribution is -2.40. The van der Waals surface area contributed by atoms with E-state index in [0.717, 1.165) is 31.6 Å². The molecule has 11 nitrogen and oxygen atoms in total. The van der Waals surface area contributed by atoms with E-state index in [0.29, 0.717) is 34.0 Å². The molecule has 0 radical (unpaired) electrons. The average Bonchev–Trinajstić information content (AvgIpc) is 3.52. The Hall–Kier alpha value is -3.39. The van der Waals surface area contributed by atoms with Gasteiger partial charge in [0.1, 0.15) is 10.9 Å². The number of alkyl halides is 2. The highest BCUT2D eigenvalue weighted by Gasteiger charge is 2.44. The fourth-order valence-electron chi connectivity index (χ4n) is 5.57. The molecule has 1 atom stereocenters. The van der Waals surface area contributed by atoms with Crippen LogP contribution in [0.2, 0.25) is 0 Å². The van der Waals surface area contributed by atoms with Crippen molar-refractivity contribution < 1.29 is 26.7 Å². The van der Waals surface area contributed by atoms with Gasteiger partial charge in [0.25, 0.3) is 11.8 Å². The van der Waals surface area contributed by atoms with E-state index in [1.54, 1.807) is 36.1 Å². The molecule has 226 valence electrons. The number of benzene rings is 1. The zero-order chi connectivity index (χ0) is 29.7. The summed E-state index contributed by atoms with van der Waals surface area (Å²) in [5.74, 6) is -1.92. The van der Waals surface area contributed by atoms with E-state index in [1.165, 1.54) is 19.8 Å². The van der Waals surface area contributed by atoms with Gasteiger partial charge in [0, 0.05) is 44.7 Å². The van der Waals surface area contributed by atoms with Gasteiger partial charge in [0.2, 0.25) is 21.9 Å². The van der Waals surface area contributed by atoms with Crippen LogP contribution in [-0.2, 0) is 10.0 Å². The maximum absolute atomic E-state index is 13.7. The first-order valence-corrected chi connectivity index (χ1v) is 15.8. The number of hydrogen-bond donors (Lipinski definition) is 2. The SMILES string of the molecule is Cc1cc(-c2nnc(-c3ccc(NS(=O)(=O)[C@H](C)CO)cc3N3CCC4(CC3)CC4)o2)nc(N2CCC(F)(F)CC2)n1. The number of aromatic nitrogens is 4. The van der Waals surface area contributed by atoms with Gasteiger partial charge in [-0.3, -0.25) is 4.72 Å². The predicted molar refractivity (Wildman–Crippen MR) is 154 cm³/mol. The van der Waals surface area contributed by atoms with Crippen LogP contribution in [0.3, 0.4) is 0 Å². The van der Waals surface area contributed by atoms with E-state index >= 15 is 0 Å². The summed E-state index contributed by atoms with van der Waals surface area (Å²) in [6.45, 7) is 4.69. The number of aliphatic hydroxyl groups is 1. The van der Waals surface area contributed by atoms with Gasteiger partial charge in [0.05, 0.1) is 23.5 Å². The maximum Gasteiger partial charge on any atom is 0.266 e. The van der Waals surface area contributed by atoms with E-state index in [1.807, 2.05) is 0 Å². The molecular weight excluding hydrogens is 568 g/mol. The third-order valence-corrected chi connectivity index (χ3v) is 10.4. The monoisotopic (exact) mass is 603 g/mol. The van der Waals surface area contributed by atoms with Crippen LogP contribution in [0.5, 0.6) is 0 Å². The topological polar surface area (TPSA) is 138 Å². The predicted octanol–water partition coefficient (Wildman–Crippen LogP) is 4.24. The lowest BCUT2D eigenvalue weighted by Gasteiger charge is -2.35. The Balaban J connectivity index is 1.31. The van der Waals surface area contributed by atoms with Crippen molar-refractivity contribution in [3.63, 3.8) is 0 Å². The summed E-state index contributed by atoms with van der Waals surface area (Å²) in [6.07, 6.45) is 4.11. The van der Waals surface area contributed by atoms with Crippen molar-refractivity contribution in [1.29, 1.82) is 0 Å². The van der Waals surface area contributed by atoms with Crippen molar-refractivity contribution in [2.75, 3.05) is 47.3 Å². The van der Waals surface area contributed by atoms with Crippen LogP contribution in [0, 0.1) is 12.3 Å². The molecule has 6 rings (SSSR count). The third kappa shape index (κ3) is 5.91. The average molecular weight is 604 g/mol. The second-order valence-corrected chi connectivity index (χ2v) is 13.9. The summed E-state index contributed by atoms with van der Waals surface area (Å²) in [6, 6.07) is 6.86. The molecule has 0 amide bonds. The number of nitrogens with one attached hydrogen (secondary N) is 1. The van der Waals surface area contributed by atoms with Crippen LogP contribution in [0.25, 0.3) is 23.0 Å². The van der Waals surface area contributed by atoms with Crippen LogP contribution < -0.4 is 14.5 Å². The lowest BCUT2D eigenvalue weighted by molar-refractivity contribution is -0.0222. The molecule has 4 heterocycles. The lowest BCUT2D eigenvalue weighted by atomic mass is 9.93. The van der Waals surface area contributed by atoms with Crippen LogP contribution in [0.1, 0.15) is 51.1 Å². The number of sulfonamides is 1. The largest absolute Gasteiger partial charge is 0.415 e. The molecule has 0 bridgehead atoms. The highest BCUT2D eigenvalue weighted by atomic mass is 32.2. The molecule has 3 aromatic rings. The van der Waals surface area contributed by atoms with E-state index in [9.17, 15) is 22.3 Å². The van der Waals surface area contributed by atoms with Gasteiger partial charge < -0.3 is 19.3 Å². The van der Waals surface area contributed by atoms with E-state index < -0.39 is 27.8 Å². The molecule has 1 saturated carbocycles. The zero-order valence-electron chi connectivity index (χ0n) is 23.7. The number of rotatable bonds is 8. The minimum absolute atomic E-state index is 0.151. The Labute approximate surface area is 243 Å². The van der Waals surface area contributed by atoms with Gasteiger partial charge in [-0.25, -0.2) is 27.2 Å². The number of anilines is 3. The van der Waals surface area contributed by atoms with Crippen molar-refractivity contribution in [2.45, 2.75) is 63.5 Å². The summed E-state index contributed by atoms with van der Waals surface area (Å²) in [7, 11) is -3.78. The van der Waals surface area contributed by atoms with E-state index in [4.69, 9.17) is 4.42 Å². The molecule has 1 aliphatic carbocycles. The third-order valence-electron chi connectivity index (χ3n) is 8.66. The molecule has 42 heavy (non-hydrogen) atoms. The van der Waals surface area contributed by atoms with Crippen molar-refractivity contribution in [3.8, 4) is 23.0 Å². The van der Waals surface area contributed by atoms with Gasteiger partial charge >= 0.3 is 0 Å². The van der Waals surface area contributed by atoms with Crippen LogP contribution in [0.4, 0.5) is 26.1 Å². The number of aliphatic hydroxyl groups excluding tert-OH is 1. The summed E-state index contributed by atoms with van der Waals surface area (Å²) >= 11 is 0. The number of aryl methyl sites for hydroxylation is 1. The highest BCUT2D eigenvalue weighted by molar-refractivity contribution is 7.93. The van der Waals surface area contributed by atoms with Crippen LogP contribution in [0.15, 0.2) is 28.7 Å². The molecule has 2 saturated heterocycles.